The maximum absolute atomic E-state index is 14.0. The first kappa shape index (κ1) is 22.1. The zero-order valence-electron chi connectivity index (χ0n) is 18.1. The first-order valence-electron chi connectivity index (χ1n) is 9.85. The van der Waals surface area contributed by atoms with Crippen LogP contribution in [0.3, 0.4) is 0 Å². The Morgan fingerprint density at radius 2 is 1.68 bits per heavy atom. The molecule has 7 nitrogen and oxygen atoms in total. The van der Waals surface area contributed by atoms with Gasteiger partial charge in [0.25, 0.3) is 5.91 Å². The van der Waals surface area contributed by atoms with Gasteiger partial charge in [0.05, 0.1) is 12.8 Å². The standard InChI is InChI=1S/C24H26N2O5/c1-16-15-24(25-20(16)27,17-11-13-19(30-5)14-12-17)21(28)26(18-9-7-6-8-10-18)22(29)31-23(2,3)4/h6-14H,1,15H2,2-5H3,(H,25,27). The topological polar surface area (TPSA) is 84.9 Å². The number of ether oxygens (including phenoxy) is 2. The van der Waals surface area contributed by atoms with Crippen molar-refractivity contribution in [3.63, 3.8) is 0 Å². The van der Waals surface area contributed by atoms with Crippen LogP contribution in [0.4, 0.5) is 10.5 Å². The van der Waals surface area contributed by atoms with E-state index in [4.69, 9.17) is 9.47 Å². The highest BCUT2D eigenvalue weighted by atomic mass is 16.6. The second-order valence-corrected chi connectivity index (χ2v) is 8.32. The van der Waals surface area contributed by atoms with Gasteiger partial charge in [-0.3, -0.25) is 9.59 Å². The van der Waals surface area contributed by atoms with Gasteiger partial charge < -0.3 is 14.8 Å². The molecule has 0 saturated carbocycles. The Labute approximate surface area is 181 Å². The van der Waals surface area contributed by atoms with Crippen LogP contribution in [0.15, 0.2) is 66.7 Å². The number of anilines is 1. The molecule has 1 aliphatic heterocycles. The average molecular weight is 422 g/mol. The van der Waals surface area contributed by atoms with Crippen molar-refractivity contribution in [1.29, 1.82) is 0 Å². The molecule has 1 saturated heterocycles. The van der Waals surface area contributed by atoms with Gasteiger partial charge in [0, 0.05) is 12.0 Å². The van der Waals surface area contributed by atoms with Gasteiger partial charge in [-0.2, -0.15) is 0 Å². The quantitative estimate of drug-likeness (QED) is 0.755. The maximum Gasteiger partial charge on any atom is 0.421 e. The molecular weight excluding hydrogens is 396 g/mol. The van der Waals surface area contributed by atoms with Crippen LogP contribution >= 0.6 is 0 Å². The smallest absolute Gasteiger partial charge is 0.421 e. The summed E-state index contributed by atoms with van der Waals surface area (Å²) in [6.45, 7) is 8.94. The third-order valence-electron chi connectivity index (χ3n) is 4.87. The summed E-state index contributed by atoms with van der Waals surface area (Å²) in [6, 6.07) is 15.2. The van der Waals surface area contributed by atoms with E-state index in [1.807, 2.05) is 0 Å². The maximum atomic E-state index is 14.0. The Bertz CT molecular complexity index is 991. The van der Waals surface area contributed by atoms with Crippen LogP contribution in [-0.4, -0.2) is 30.6 Å². The number of amides is 3. The highest BCUT2D eigenvalue weighted by Crippen LogP contribution is 2.38. The fourth-order valence-electron chi connectivity index (χ4n) is 3.41. The SMILES string of the molecule is C=C1CC(C(=O)N(C(=O)OC(C)(C)C)c2ccccc2)(c2ccc(OC)cc2)NC1=O. The van der Waals surface area contributed by atoms with E-state index < -0.39 is 29.0 Å². The van der Waals surface area contributed by atoms with Gasteiger partial charge in [-0.05, 0) is 50.6 Å². The average Bonchev–Trinajstić information content (AvgIpc) is 3.03. The van der Waals surface area contributed by atoms with Gasteiger partial charge in [0.1, 0.15) is 16.9 Å². The molecule has 162 valence electrons. The fraction of sp³-hybridized carbons (Fsp3) is 0.292. The molecule has 3 rings (SSSR count). The summed E-state index contributed by atoms with van der Waals surface area (Å²) in [5.74, 6) is -0.479. The number of nitrogens with one attached hydrogen (secondary N) is 1. The fourth-order valence-corrected chi connectivity index (χ4v) is 3.41. The minimum atomic E-state index is -1.51. The van der Waals surface area contributed by atoms with Gasteiger partial charge in [0.2, 0.25) is 5.91 Å². The molecule has 3 amide bonds. The van der Waals surface area contributed by atoms with Crippen LogP contribution in [0.2, 0.25) is 0 Å². The number of para-hydroxylation sites is 1. The van der Waals surface area contributed by atoms with Crippen molar-refractivity contribution in [2.24, 2.45) is 0 Å². The second kappa shape index (κ2) is 8.26. The van der Waals surface area contributed by atoms with Gasteiger partial charge in [-0.15, -0.1) is 0 Å². The predicted octanol–water partition coefficient (Wildman–Crippen LogP) is 3.93. The van der Waals surface area contributed by atoms with E-state index in [9.17, 15) is 14.4 Å². The van der Waals surface area contributed by atoms with E-state index >= 15 is 0 Å². The molecule has 0 bridgehead atoms. The zero-order valence-corrected chi connectivity index (χ0v) is 18.1. The van der Waals surface area contributed by atoms with E-state index in [-0.39, 0.29) is 12.0 Å². The monoisotopic (exact) mass is 422 g/mol. The molecular formula is C24H26N2O5. The van der Waals surface area contributed by atoms with Crippen molar-refractivity contribution in [2.75, 3.05) is 12.0 Å². The zero-order chi connectivity index (χ0) is 22.8. The van der Waals surface area contributed by atoms with Crippen molar-refractivity contribution in [3.8, 4) is 5.75 Å². The highest BCUT2D eigenvalue weighted by molar-refractivity contribution is 6.18. The van der Waals surface area contributed by atoms with E-state index in [0.717, 1.165) is 4.90 Å². The molecule has 0 aliphatic carbocycles. The number of hydrogen-bond acceptors (Lipinski definition) is 5. The molecule has 1 atom stereocenters. The van der Waals surface area contributed by atoms with Crippen LogP contribution in [0.1, 0.15) is 32.8 Å². The molecule has 0 spiro atoms. The minimum Gasteiger partial charge on any atom is -0.497 e. The molecule has 1 heterocycles. The van der Waals surface area contributed by atoms with Crippen molar-refractivity contribution >= 4 is 23.6 Å². The van der Waals surface area contributed by atoms with Crippen LogP contribution in [-0.2, 0) is 19.9 Å². The summed E-state index contributed by atoms with van der Waals surface area (Å²) in [6.07, 6.45) is -0.813. The van der Waals surface area contributed by atoms with E-state index in [1.54, 1.807) is 75.4 Å². The molecule has 1 aliphatic rings. The third kappa shape index (κ3) is 4.45. The second-order valence-electron chi connectivity index (χ2n) is 8.32. The Morgan fingerprint density at radius 3 is 2.16 bits per heavy atom. The molecule has 1 unspecified atom stereocenters. The van der Waals surface area contributed by atoms with Gasteiger partial charge in [-0.1, -0.05) is 36.9 Å². The molecule has 2 aromatic rings. The number of benzene rings is 2. The van der Waals surface area contributed by atoms with Crippen LogP contribution in [0, 0.1) is 0 Å². The number of methoxy groups -OCH3 is 1. The van der Waals surface area contributed by atoms with Crippen molar-refractivity contribution < 1.29 is 23.9 Å². The largest absolute Gasteiger partial charge is 0.497 e. The summed E-state index contributed by atoms with van der Waals surface area (Å²) in [5.41, 5.74) is -1.23. The lowest BCUT2D eigenvalue weighted by atomic mass is 9.85. The lowest BCUT2D eigenvalue weighted by Gasteiger charge is -2.34. The van der Waals surface area contributed by atoms with Crippen LogP contribution in [0.5, 0.6) is 5.75 Å². The molecule has 0 aromatic heterocycles. The number of carbonyl (C=O) groups excluding carboxylic acids is 3. The van der Waals surface area contributed by atoms with E-state index in [0.29, 0.717) is 17.0 Å². The van der Waals surface area contributed by atoms with Crippen LogP contribution < -0.4 is 15.0 Å². The Hall–Kier alpha value is -3.61. The van der Waals surface area contributed by atoms with Crippen molar-refractivity contribution in [1.82, 2.24) is 5.32 Å². The predicted molar refractivity (Wildman–Crippen MR) is 117 cm³/mol. The van der Waals surface area contributed by atoms with Gasteiger partial charge >= 0.3 is 6.09 Å². The molecule has 31 heavy (non-hydrogen) atoms. The van der Waals surface area contributed by atoms with Crippen molar-refractivity contribution in [2.45, 2.75) is 38.3 Å². The van der Waals surface area contributed by atoms with E-state index in [1.165, 1.54) is 7.11 Å². The first-order chi connectivity index (χ1) is 14.6. The number of rotatable bonds is 4. The molecule has 0 radical (unpaired) electrons. The summed E-state index contributed by atoms with van der Waals surface area (Å²) in [5, 5.41) is 2.76. The Morgan fingerprint density at radius 1 is 1.06 bits per heavy atom. The number of hydrogen-bond donors (Lipinski definition) is 1. The van der Waals surface area contributed by atoms with E-state index in [2.05, 4.69) is 11.9 Å². The van der Waals surface area contributed by atoms with Crippen molar-refractivity contribution in [3.05, 3.63) is 72.3 Å². The first-order valence-corrected chi connectivity index (χ1v) is 9.85. The summed E-state index contributed by atoms with van der Waals surface area (Å²) in [7, 11) is 1.54. The summed E-state index contributed by atoms with van der Waals surface area (Å²) >= 11 is 0. The number of carbonyl (C=O) groups is 3. The molecule has 1 N–H and O–H groups in total. The summed E-state index contributed by atoms with van der Waals surface area (Å²) < 4.78 is 10.7. The minimum absolute atomic E-state index is 0.0170. The highest BCUT2D eigenvalue weighted by Gasteiger charge is 2.52. The molecule has 7 heteroatoms. The van der Waals surface area contributed by atoms with Gasteiger partial charge in [-0.25, -0.2) is 9.69 Å². The number of nitrogens with zero attached hydrogens (tertiary/aromatic N) is 1. The third-order valence-corrected chi connectivity index (χ3v) is 4.87. The normalized spacial score (nSPS) is 18.3. The van der Waals surface area contributed by atoms with Gasteiger partial charge in [0.15, 0.2) is 0 Å². The molecule has 1 fully saturated rings. The Balaban J connectivity index is 2.13. The molecule has 2 aromatic carbocycles. The Kier molecular flexibility index (Phi) is 5.88. The summed E-state index contributed by atoms with van der Waals surface area (Å²) in [4.78, 5) is 40.5. The van der Waals surface area contributed by atoms with Crippen LogP contribution in [0.25, 0.3) is 0 Å². The lowest BCUT2D eigenvalue weighted by molar-refractivity contribution is -0.127. The lowest BCUT2D eigenvalue weighted by Crippen LogP contribution is -2.56. The number of imide groups is 1.